The third-order valence-corrected chi connectivity index (χ3v) is 5.82. The summed E-state index contributed by atoms with van der Waals surface area (Å²) in [6, 6.07) is 15.3. The van der Waals surface area contributed by atoms with E-state index in [1.54, 1.807) is 18.4 Å². The Bertz CT molecular complexity index is 985. The lowest BCUT2D eigenvalue weighted by Crippen LogP contribution is -2.22. The van der Waals surface area contributed by atoms with E-state index in [-0.39, 0.29) is 11.8 Å². The molecule has 0 fully saturated rings. The lowest BCUT2D eigenvalue weighted by molar-refractivity contribution is -0.116. The van der Waals surface area contributed by atoms with Gasteiger partial charge in [-0.25, -0.2) is 0 Å². The second-order valence-electron chi connectivity index (χ2n) is 6.30. The summed E-state index contributed by atoms with van der Waals surface area (Å²) in [6.07, 6.45) is 0.383. The highest BCUT2D eigenvalue weighted by atomic mass is 35.5. The second kappa shape index (κ2) is 7.62. The maximum absolute atomic E-state index is 12.2. The van der Waals surface area contributed by atoms with Crippen molar-refractivity contribution in [2.45, 2.75) is 18.9 Å². The SMILES string of the molecule is COc1cccc(C2CC(=O)Nc3ccsc32)c1OCc1cccc(Cl)c1. The largest absolute Gasteiger partial charge is 0.493 e. The van der Waals surface area contributed by atoms with Gasteiger partial charge in [0, 0.05) is 27.8 Å². The van der Waals surface area contributed by atoms with E-state index in [4.69, 9.17) is 21.1 Å². The summed E-state index contributed by atoms with van der Waals surface area (Å²) in [4.78, 5) is 13.3. The zero-order valence-electron chi connectivity index (χ0n) is 14.7. The van der Waals surface area contributed by atoms with Gasteiger partial charge in [-0.3, -0.25) is 4.79 Å². The molecule has 0 radical (unpaired) electrons. The van der Waals surface area contributed by atoms with Gasteiger partial charge in [0.2, 0.25) is 5.91 Å². The first kappa shape index (κ1) is 17.9. The molecular weight excluding hydrogens is 382 g/mol. The highest BCUT2D eigenvalue weighted by Crippen LogP contribution is 2.46. The number of anilines is 1. The van der Waals surface area contributed by atoms with Crippen molar-refractivity contribution in [3.63, 3.8) is 0 Å². The van der Waals surface area contributed by atoms with Crippen LogP contribution < -0.4 is 14.8 Å². The van der Waals surface area contributed by atoms with Crippen LogP contribution in [0.5, 0.6) is 11.5 Å². The Kier molecular flexibility index (Phi) is 5.05. The predicted octanol–water partition coefficient (Wildman–Crippen LogP) is 5.46. The number of methoxy groups -OCH3 is 1. The number of amides is 1. The van der Waals surface area contributed by atoms with E-state index < -0.39 is 0 Å². The Hall–Kier alpha value is -2.50. The van der Waals surface area contributed by atoms with Gasteiger partial charge in [0.25, 0.3) is 0 Å². The van der Waals surface area contributed by atoms with E-state index >= 15 is 0 Å². The number of ether oxygens (including phenoxy) is 2. The van der Waals surface area contributed by atoms with Crippen LogP contribution in [0.1, 0.15) is 28.3 Å². The molecule has 1 aliphatic heterocycles. The molecule has 138 valence electrons. The number of carbonyl (C=O) groups excluding carboxylic acids is 1. The van der Waals surface area contributed by atoms with Crippen LogP contribution in [0.2, 0.25) is 5.02 Å². The summed E-state index contributed by atoms with van der Waals surface area (Å²) in [5, 5.41) is 5.60. The summed E-state index contributed by atoms with van der Waals surface area (Å²) in [7, 11) is 1.62. The zero-order valence-corrected chi connectivity index (χ0v) is 16.3. The van der Waals surface area contributed by atoms with E-state index in [1.807, 2.05) is 53.9 Å². The number of para-hydroxylation sites is 1. The van der Waals surface area contributed by atoms with Crippen molar-refractivity contribution in [1.82, 2.24) is 0 Å². The fourth-order valence-electron chi connectivity index (χ4n) is 3.33. The predicted molar refractivity (Wildman–Crippen MR) is 108 cm³/mol. The van der Waals surface area contributed by atoms with Gasteiger partial charge in [-0.1, -0.05) is 35.9 Å². The molecule has 4 rings (SSSR count). The third-order valence-electron chi connectivity index (χ3n) is 4.55. The lowest BCUT2D eigenvalue weighted by Gasteiger charge is -2.25. The molecule has 1 aromatic heterocycles. The smallest absolute Gasteiger partial charge is 0.225 e. The van der Waals surface area contributed by atoms with Gasteiger partial charge in [-0.2, -0.15) is 0 Å². The van der Waals surface area contributed by atoms with Crippen LogP contribution in [0.15, 0.2) is 53.9 Å². The molecular formula is C21H18ClNO3S. The zero-order chi connectivity index (χ0) is 18.8. The Balaban J connectivity index is 1.71. The van der Waals surface area contributed by atoms with Gasteiger partial charge in [-0.15, -0.1) is 11.3 Å². The van der Waals surface area contributed by atoms with Crippen LogP contribution in [0.25, 0.3) is 0 Å². The average molecular weight is 400 g/mol. The Labute approximate surface area is 166 Å². The quantitative estimate of drug-likeness (QED) is 0.619. The number of nitrogens with one attached hydrogen (secondary N) is 1. The molecule has 6 heteroatoms. The van der Waals surface area contributed by atoms with Gasteiger partial charge in [0.05, 0.1) is 12.8 Å². The van der Waals surface area contributed by atoms with Gasteiger partial charge < -0.3 is 14.8 Å². The van der Waals surface area contributed by atoms with Crippen molar-refractivity contribution < 1.29 is 14.3 Å². The van der Waals surface area contributed by atoms with E-state index in [0.29, 0.717) is 29.5 Å². The van der Waals surface area contributed by atoms with Crippen LogP contribution in [0, 0.1) is 0 Å². The summed E-state index contributed by atoms with van der Waals surface area (Å²) >= 11 is 7.72. The van der Waals surface area contributed by atoms with E-state index in [9.17, 15) is 4.79 Å². The minimum atomic E-state index is -0.0572. The highest BCUT2D eigenvalue weighted by Gasteiger charge is 2.30. The number of hydrogen-bond acceptors (Lipinski definition) is 4. The first-order chi connectivity index (χ1) is 13.2. The molecule has 0 saturated carbocycles. The number of rotatable bonds is 5. The fourth-order valence-corrected chi connectivity index (χ4v) is 4.51. The first-order valence-electron chi connectivity index (χ1n) is 8.57. The van der Waals surface area contributed by atoms with E-state index in [0.717, 1.165) is 21.7 Å². The average Bonchev–Trinajstić information content (AvgIpc) is 3.13. The number of hydrogen-bond donors (Lipinski definition) is 1. The van der Waals surface area contributed by atoms with Crippen molar-refractivity contribution in [3.05, 3.63) is 74.9 Å². The number of thiophene rings is 1. The molecule has 3 aromatic rings. The normalized spacial score (nSPS) is 15.8. The van der Waals surface area contributed by atoms with Crippen molar-refractivity contribution >= 4 is 34.5 Å². The molecule has 0 saturated heterocycles. The van der Waals surface area contributed by atoms with Gasteiger partial charge in [-0.05, 0) is 35.2 Å². The summed E-state index contributed by atoms with van der Waals surface area (Å²) in [5.74, 6) is 1.27. The van der Waals surface area contributed by atoms with Gasteiger partial charge in [0.1, 0.15) is 6.61 Å². The van der Waals surface area contributed by atoms with Crippen LogP contribution in [-0.2, 0) is 11.4 Å². The standard InChI is InChI=1S/C21H18ClNO3S/c1-25-18-7-3-6-15(16-11-19(24)23-17-8-9-27-21(16)17)20(18)26-12-13-4-2-5-14(22)10-13/h2-10,16H,11-12H2,1H3,(H,23,24). The maximum Gasteiger partial charge on any atom is 0.225 e. The molecule has 1 N–H and O–H groups in total. The van der Waals surface area contributed by atoms with Crippen LogP contribution >= 0.6 is 22.9 Å². The van der Waals surface area contributed by atoms with Crippen molar-refractivity contribution in [1.29, 1.82) is 0 Å². The molecule has 1 aliphatic rings. The molecule has 2 aromatic carbocycles. The molecule has 27 heavy (non-hydrogen) atoms. The lowest BCUT2D eigenvalue weighted by atomic mass is 9.89. The highest BCUT2D eigenvalue weighted by molar-refractivity contribution is 7.10. The summed E-state index contributed by atoms with van der Waals surface area (Å²) in [6.45, 7) is 0.365. The maximum atomic E-state index is 12.2. The van der Waals surface area contributed by atoms with E-state index in [1.165, 1.54) is 0 Å². The number of halogens is 1. The number of fused-ring (bicyclic) bond motifs is 1. The number of benzene rings is 2. The molecule has 2 heterocycles. The molecule has 0 aliphatic carbocycles. The monoisotopic (exact) mass is 399 g/mol. The van der Waals surface area contributed by atoms with Crippen LogP contribution in [-0.4, -0.2) is 13.0 Å². The third kappa shape index (κ3) is 3.66. The van der Waals surface area contributed by atoms with E-state index in [2.05, 4.69) is 5.32 Å². The molecule has 1 atom stereocenters. The molecule has 1 unspecified atom stereocenters. The molecule has 0 spiro atoms. The summed E-state index contributed by atoms with van der Waals surface area (Å²) < 4.78 is 11.7. The molecule has 0 bridgehead atoms. The first-order valence-corrected chi connectivity index (χ1v) is 9.83. The minimum Gasteiger partial charge on any atom is -0.493 e. The van der Waals surface area contributed by atoms with Crippen molar-refractivity contribution in [2.24, 2.45) is 0 Å². The van der Waals surface area contributed by atoms with Gasteiger partial charge >= 0.3 is 0 Å². The minimum absolute atomic E-state index is 0.00881. The summed E-state index contributed by atoms with van der Waals surface area (Å²) in [5.41, 5.74) is 2.80. The Morgan fingerprint density at radius 3 is 2.89 bits per heavy atom. The Morgan fingerprint density at radius 1 is 1.22 bits per heavy atom. The van der Waals surface area contributed by atoms with Crippen LogP contribution in [0.4, 0.5) is 5.69 Å². The van der Waals surface area contributed by atoms with Gasteiger partial charge in [0.15, 0.2) is 11.5 Å². The van der Waals surface area contributed by atoms with Crippen molar-refractivity contribution in [2.75, 3.05) is 12.4 Å². The second-order valence-corrected chi connectivity index (χ2v) is 7.68. The fraction of sp³-hybridized carbons (Fsp3) is 0.190. The number of carbonyl (C=O) groups is 1. The molecule has 1 amide bonds. The molecule has 4 nitrogen and oxygen atoms in total. The van der Waals surface area contributed by atoms with Crippen LogP contribution in [0.3, 0.4) is 0 Å². The Morgan fingerprint density at radius 2 is 2.07 bits per heavy atom. The van der Waals surface area contributed by atoms with Crippen molar-refractivity contribution in [3.8, 4) is 11.5 Å². The topological polar surface area (TPSA) is 47.6 Å².